The Balaban J connectivity index is 1.45. The third-order valence-corrected chi connectivity index (χ3v) is 5.41. The number of likely N-dealkylation sites (tertiary alicyclic amines) is 2. The van der Waals surface area contributed by atoms with Crippen LogP contribution in [0.5, 0.6) is 0 Å². The van der Waals surface area contributed by atoms with Gasteiger partial charge in [-0.2, -0.15) is 0 Å². The van der Waals surface area contributed by atoms with Crippen molar-refractivity contribution in [3.05, 3.63) is 29.8 Å². The quantitative estimate of drug-likeness (QED) is 0.898. The first-order chi connectivity index (χ1) is 12.5. The lowest BCUT2D eigenvalue weighted by Crippen LogP contribution is -2.47. The molecule has 2 heterocycles. The molecule has 0 spiro atoms. The van der Waals surface area contributed by atoms with Gasteiger partial charge in [-0.25, -0.2) is 4.79 Å². The van der Waals surface area contributed by atoms with E-state index in [1.54, 1.807) is 0 Å². The number of carbonyl (C=O) groups is 2. The summed E-state index contributed by atoms with van der Waals surface area (Å²) in [5.74, 6) is 0.114. The molecule has 2 saturated heterocycles. The van der Waals surface area contributed by atoms with Crippen LogP contribution in [-0.4, -0.2) is 62.0 Å². The molecule has 6 nitrogen and oxygen atoms in total. The van der Waals surface area contributed by atoms with Gasteiger partial charge in [0.15, 0.2) is 0 Å². The van der Waals surface area contributed by atoms with Gasteiger partial charge >= 0.3 is 6.03 Å². The minimum atomic E-state index is 0.00894. The third-order valence-electron chi connectivity index (χ3n) is 5.41. The molecule has 26 heavy (non-hydrogen) atoms. The molecule has 1 N–H and O–H groups in total. The predicted octanol–water partition coefficient (Wildman–Crippen LogP) is 2.30. The molecule has 0 saturated carbocycles. The molecule has 0 radical (unpaired) electrons. The van der Waals surface area contributed by atoms with Gasteiger partial charge in [0.1, 0.15) is 0 Å². The highest BCUT2D eigenvalue weighted by molar-refractivity contribution is 5.79. The number of benzene rings is 1. The van der Waals surface area contributed by atoms with Gasteiger partial charge in [-0.15, -0.1) is 0 Å². The maximum Gasteiger partial charge on any atom is 0.319 e. The van der Waals surface area contributed by atoms with E-state index in [-0.39, 0.29) is 17.9 Å². The number of carbonyl (C=O) groups excluding carboxylic acids is 2. The fraction of sp³-hybridized carbons (Fsp3) is 0.600. The summed E-state index contributed by atoms with van der Waals surface area (Å²) in [5.41, 5.74) is 2.23. The van der Waals surface area contributed by atoms with Crippen LogP contribution in [0.25, 0.3) is 0 Å². The summed E-state index contributed by atoms with van der Waals surface area (Å²) in [6, 6.07) is 8.35. The van der Waals surface area contributed by atoms with E-state index in [4.69, 9.17) is 0 Å². The van der Waals surface area contributed by atoms with Crippen LogP contribution in [0.15, 0.2) is 24.3 Å². The van der Waals surface area contributed by atoms with E-state index in [0.29, 0.717) is 19.6 Å². The first-order valence-electron chi connectivity index (χ1n) is 9.62. The molecule has 3 rings (SSSR count). The largest absolute Gasteiger partial charge is 0.378 e. The summed E-state index contributed by atoms with van der Waals surface area (Å²) in [6.07, 6.45) is 3.73. The van der Waals surface area contributed by atoms with Crippen LogP contribution in [0.1, 0.15) is 31.2 Å². The normalized spacial score (nSPS) is 18.1. The first kappa shape index (κ1) is 18.5. The van der Waals surface area contributed by atoms with Gasteiger partial charge in [-0.3, -0.25) is 4.79 Å². The summed E-state index contributed by atoms with van der Waals surface area (Å²) < 4.78 is 0. The molecule has 0 aliphatic carbocycles. The van der Waals surface area contributed by atoms with Crippen LogP contribution in [0.3, 0.4) is 0 Å². The Kier molecular flexibility index (Phi) is 6.01. The molecule has 0 unspecified atom stereocenters. The molecule has 2 aliphatic rings. The van der Waals surface area contributed by atoms with E-state index in [2.05, 4.69) is 22.3 Å². The smallest absolute Gasteiger partial charge is 0.319 e. The Morgan fingerprint density at radius 2 is 1.73 bits per heavy atom. The van der Waals surface area contributed by atoms with E-state index in [1.165, 1.54) is 0 Å². The van der Waals surface area contributed by atoms with Crippen molar-refractivity contribution in [2.24, 2.45) is 5.92 Å². The van der Waals surface area contributed by atoms with Crippen molar-refractivity contribution < 1.29 is 9.59 Å². The highest BCUT2D eigenvalue weighted by Gasteiger charge is 2.30. The summed E-state index contributed by atoms with van der Waals surface area (Å²) in [6.45, 7) is 3.68. The van der Waals surface area contributed by atoms with Gasteiger partial charge in [-0.1, -0.05) is 12.1 Å². The van der Waals surface area contributed by atoms with Crippen molar-refractivity contribution in [3.8, 4) is 0 Å². The van der Waals surface area contributed by atoms with E-state index < -0.39 is 0 Å². The van der Waals surface area contributed by atoms with E-state index >= 15 is 0 Å². The maximum absolute atomic E-state index is 12.5. The van der Waals surface area contributed by atoms with Gasteiger partial charge in [0, 0.05) is 58.4 Å². The second-order valence-corrected chi connectivity index (χ2v) is 7.52. The van der Waals surface area contributed by atoms with Gasteiger partial charge < -0.3 is 20.0 Å². The number of piperidine rings is 1. The second-order valence-electron chi connectivity index (χ2n) is 7.52. The molecule has 0 bridgehead atoms. The fourth-order valence-electron chi connectivity index (χ4n) is 3.72. The van der Waals surface area contributed by atoms with Crippen molar-refractivity contribution >= 4 is 17.6 Å². The summed E-state index contributed by atoms with van der Waals surface area (Å²) in [5, 5.41) is 3.06. The van der Waals surface area contributed by atoms with Crippen LogP contribution in [0.4, 0.5) is 10.5 Å². The lowest BCUT2D eigenvalue weighted by molar-refractivity contribution is -0.126. The van der Waals surface area contributed by atoms with Gasteiger partial charge in [-0.05, 0) is 43.4 Å². The molecule has 2 aliphatic heterocycles. The standard InChI is InChI=1S/C20H30N4O2/c1-22(2)18-7-5-6-16(14-18)15-21-19(25)17-8-12-24(13-9-17)20(26)23-10-3-4-11-23/h5-7,14,17H,3-4,8-13,15H2,1-2H3,(H,21,25). The van der Waals surface area contributed by atoms with E-state index in [1.807, 2.05) is 36.0 Å². The number of rotatable bonds is 4. The van der Waals surface area contributed by atoms with Crippen molar-refractivity contribution in [3.63, 3.8) is 0 Å². The molecule has 0 aromatic heterocycles. The average molecular weight is 358 g/mol. The van der Waals surface area contributed by atoms with E-state index in [9.17, 15) is 9.59 Å². The Morgan fingerprint density at radius 1 is 1.08 bits per heavy atom. The Hall–Kier alpha value is -2.24. The highest BCUT2D eigenvalue weighted by atomic mass is 16.2. The number of nitrogens with one attached hydrogen (secondary N) is 1. The number of hydrogen-bond acceptors (Lipinski definition) is 3. The molecule has 3 amide bonds. The maximum atomic E-state index is 12.5. The van der Waals surface area contributed by atoms with Crippen LogP contribution < -0.4 is 10.2 Å². The molecule has 1 aromatic carbocycles. The lowest BCUT2D eigenvalue weighted by Gasteiger charge is -2.34. The highest BCUT2D eigenvalue weighted by Crippen LogP contribution is 2.20. The first-order valence-corrected chi connectivity index (χ1v) is 9.62. The summed E-state index contributed by atoms with van der Waals surface area (Å²) in [4.78, 5) is 30.8. The SMILES string of the molecule is CN(C)c1cccc(CNC(=O)C2CCN(C(=O)N3CCCC3)CC2)c1. The summed E-state index contributed by atoms with van der Waals surface area (Å²) in [7, 11) is 4.02. The molecular formula is C20H30N4O2. The third kappa shape index (κ3) is 4.48. The second kappa shape index (κ2) is 8.43. The monoisotopic (exact) mass is 358 g/mol. The average Bonchev–Trinajstić information content (AvgIpc) is 3.20. The lowest BCUT2D eigenvalue weighted by atomic mass is 9.96. The van der Waals surface area contributed by atoms with Crippen molar-refractivity contribution in [1.82, 2.24) is 15.1 Å². The van der Waals surface area contributed by atoms with Gasteiger partial charge in [0.05, 0.1) is 0 Å². The molecule has 1 aromatic rings. The summed E-state index contributed by atoms with van der Waals surface area (Å²) >= 11 is 0. The number of urea groups is 1. The number of nitrogens with zero attached hydrogens (tertiary/aromatic N) is 3. The Labute approximate surface area is 156 Å². The van der Waals surface area contributed by atoms with E-state index in [0.717, 1.165) is 50.0 Å². The van der Waals surface area contributed by atoms with Gasteiger partial charge in [0.25, 0.3) is 0 Å². The predicted molar refractivity (Wildman–Crippen MR) is 103 cm³/mol. The zero-order chi connectivity index (χ0) is 18.5. The van der Waals surface area contributed by atoms with Crippen LogP contribution in [0, 0.1) is 5.92 Å². The van der Waals surface area contributed by atoms with Crippen molar-refractivity contribution in [2.45, 2.75) is 32.2 Å². The minimum Gasteiger partial charge on any atom is -0.378 e. The Morgan fingerprint density at radius 3 is 2.38 bits per heavy atom. The van der Waals surface area contributed by atoms with Crippen molar-refractivity contribution in [2.75, 3.05) is 45.2 Å². The minimum absolute atomic E-state index is 0.00894. The van der Waals surface area contributed by atoms with Crippen molar-refractivity contribution in [1.29, 1.82) is 0 Å². The number of anilines is 1. The number of amides is 3. The van der Waals surface area contributed by atoms with Crippen LogP contribution in [0.2, 0.25) is 0 Å². The molecular weight excluding hydrogens is 328 g/mol. The van der Waals surface area contributed by atoms with Crippen LogP contribution >= 0.6 is 0 Å². The molecule has 2 fully saturated rings. The topological polar surface area (TPSA) is 55.9 Å². The zero-order valence-electron chi connectivity index (χ0n) is 15.9. The molecule has 142 valence electrons. The zero-order valence-corrected chi connectivity index (χ0v) is 15.9. The van der Waals surface area contributed by atoms with Crippen LogP contribution in [-0.2, 0) is 11.3 Å². The molecule has 0 atom stereocenters. The number of hydrogen-bond donors (Lipinski definition) is 1. The Bertz CT molecular complexity index is 632. The van der Waals surface area contributed by atoms with Gasteiger partial charge in [0.2, 0.25) is 5.91 Å². The fourth-order valence-corrected chi connectivity index (χ4v) is 3.72. The molecule has 6 heteroatoms.